The molecule has 4 heteroatoms. The van der Waals surface area contributed by atoms with Crippen molar-refractivity contribution < 1.29 is 0 Å². The Bertz CT molecular complexity index is 518. The SMILES string of the molecule is CCNC(Cc1cn(C)nn1)c1ccccc1CC. The summed E-state index contributed by atoms with van der Waals surface area (Å²) in [6, 6.07) is 8.93. The first-order chi connectivity index (χ1) is 9.24. The lowest BCUT2D eigenvalue weighted by atomic mass is 9.95. The second-order valence-electron chi connectivity index (χ2n) is 4.75. The van der Waals surface area contributed by atoms with E-state index in [0.29, 0.717) is 6.04 Å². The monoisotopic (exact) mass is 258 g/mol. The average molecular weight is 258 g/mol. The van der Waals surface area contributed by atoms with E-state index in [2.05, 4.69) is 53.7 Å². The highest BCUT2D eigenvalue weighted by molar-refractivity contribution is 5.30. The van der Waals surface area contributed by atoms with Crippen molar-refractivity contribution in [2.24, 2.45) is 7.05 Å². The van der Waals surface area contributed by atoms with Crippen LogP contribution < -0.4 is 5.32 Å². The summed E-state index contributed by atoms with van der Waals surface area (Å²) in [6.07, 6.45) is 3.91. The van der Waals surface area contributed by atoms with Crippen molar-refractivity contribution in [1.82, 2.24) is 20.3 Å². The number of aryl methyl sites for hydroxylation is 2. The third-order valence-electron chi connectivity index (χ3n) is 3.33. The molecule has 1 aromatic carbocycles. The Hall–Kier alpha value is -1.68. The lowest BCUT2D eigenvalue weighted by Crippen LogP contribution is -2.24. The number of aromatic nitrogens is 3. The highest BCUT2D eigenvalue weighted by Gasteiger charge is 2.15. The molecule has 1 atom stereocenters. The number of likely N-dealkylation sites (N-methyl/N-ethyl adjacent to an activating group) is 1. The Morgan fingerprint density at radius 2 is 2.05 bits per heavy atom. The zero-order valence-electron chi connectivity index (χ0n) is 11.9. The third kappa shape index (κ3) is 3.41. The first kappa shape index (κ1) is 13.7. The second kappa shape index (κ2) is 6.48. The molecule has 1 heterocycles. The van der Waals surface area contributed by atoms with Gasteiger partial charge in [-0.3, -0.25) is 4.68 Å². The highest BCUT2D eigenvalue weighted by Crippen LogP contribution is 2.21. The molecule has 102 valence electrons. The number of hydrogen-bond acceptors (Lipinski definition) is 3. The fourth-order valence-corrected chi connectivity index (χ4v) is 2.43. The maximum atomic E-state index is 4.19. The normalized spacial score (nSPS) is 12.6. The van der Waals surface area contributed by atoms with Gasteiger partial charge < -0.3 is 5.32 Å². The number of nitrogens with one attached hydrogen (secondary N) is 1. The average Bonchev–Trinajstić information content (AvgIpc) is 2.84. The van der Waals surface area contributed by atoms with E-state index < -0.39 is 0 Å². The number of benzene rings is 1. The molecule has 0 saturated heterocycles. The molecule has 0 saturated carbocycles. The molecular formula is C15H22N4. The summed E-state index contributed by atoms with van der Waals surface area (Å²) in [4.78, 5) is 0. The molecule has 0 aliphatic heterocycles. The van der Waals surface area contributed by atoms with E-state index in [9.17, 15) is 0 Å². The van der Waals surface area contributed by atoms with Crippen LogP contribution in [0, 0.1) is 0 Å². The van der Waals surface area contributed by atoms with Crippen molar-refractivity contribution in [2.45, 2.75) is 32.7 Å². The van der Waals surface area contributed by atoms with Gasteiger partial charge in [-0.15, -0.1) is 5.10 Å². The minimum absolute atomic E-state index is 0.304. The van der Waals surface area contributed by atoms with Crippen molar-refractivity contribution in [3.63, 3.8) is 0 Å². The van der Waals surface area contributed by atoms with E-state index in [1.54, 1.807) is 4.68 Å². The number of nitrogens with zero attached hydrogens (tertiary/aromatic N) is 3. The van der Waals surface area contributed by atoms with Crippen LogP contribution in [0.15, 0.2) is 30.5 Å². The van der Waals surface area contributed by atoms with Crippen molar-refractivity contribution in [3.8, 4) is 0 Å². The van der Waals surface area contributed by atoms with Crippen LogP contribution in [0.4, 0.5) is 0 Å². The molecule has 1 N–H and O–H groups in total. The van der Waals surface area contributed by atoms with Crippen molar-refractivity contribution in [3.05, 3.63) is 47.3 Å². The van der Waals surface area contributed by atoms with Gasteiger partial charge in [-0.2, -0.15) is 0 Å². The van der Waals surface area contributed by atoms with Crippen LogP contribution in [0.1, 0.15) is 36.7 Å². The molecule has 0 aliphatic rings. The lowest BCUT2D eigenvalue weighted by molar-refractivity contribution is 0.539. The summed E-state index contributed by atoms with van der Waals surface area (Å²) in [5.41, 5.74) is 3.80. The predicted molar refractivity (Wildman–Crippen MR) is 76.9 cm³/mol. The summed E-state index contributed by atoms with van der Waals surface area (Å²) in [7, 11) is 1.90. The molecule has 19 heavy (non-hydrogen) atoms. The molecular weight excluding hydrogens is 236 g/mol. The van der Waals surface area contributed by atoms with Gasteiger partial charge >= 0.3 is 0 Å². The molecule has 4 nitrogen and oxygen atoms in total. The number of rotatable bonds is 6. The molecule has 0 fully saturated rings. The molecule has 0 spiro atoms. The molecule has 1 unspecified atom stereocenters. The van der Waals surface area contributed by atoms with E-state index in [1.807, 2.05) is 13.2 Å². The largest absolute Gasteiger partial charge is 0.310 e. The van der Waals surface area contributed by atoms with Crippen LogP contribution in [0.5, 0.6) is 0 Å². The van der Waals surface area contributed by atoms with Crippen molar-refractivity contribution >= 4 is 0 Å². The van der Waals surface area contributed by atoms with E-state index >= 15 is 0 Å². The summed E-state index contributed by atoms with van der Waals surface area (Å²) in [5.74, 6) is 0. The minimum Gasteiger partial charge on any atom is -0.310 e. The van der Waals surface area contributed by atoms with Crippen LogP contribution in [0.3, 0.4) is 0 Å². The van der Waals surface area contributed by atoms with Gasteiger partial charge in [0.2, 0.25) is 0 Å². The van der Waals surface area contributed by atoms with Gasteiger partial charge in [0.25, 0.3) is 0 Å². The van der Waals surface area contributed by atoms with E-state index in [4.69, 9.17) is 0 Å². The molecule has 1 aromatic heterocycles. The predicted octanol–water partition coefficient (Wildman–Crippen LogP) is 2.27. The maximum absolute atomic E-state index is 4.19. The Labute approximate surface area is 114 Å². The van der Waals surface area contributed by atoms with Gasteiger partial charge in [0.1, 0.15) is 0 Å². The van der Waals surface area contributed by atoms with Gasteiger partial charge in [0, 0.05) is 25.7 Å². The standard InChI is InChI=1S/C15H22N4/c1-4-12-8-6-7-9-14(12)15(16-5-2)10-13-11-19(3)18-17-13/h6-9,11,15-16H,4-5,10H2,1-3H3. The first-order valence-electron chi connectivity index (χ1n) is 6.91. The lowest BCUT2D eigenvalue weighted by Gasteiger charge is -2.20. The van der Waals surface area contributed by atoms with Gasteiger partial charge in [-0.1, -0.05) is 43.3 Å². The zero-order valence-corrected chi connectivity index (χ0v) is 11.9. The van der Waals surface area contributed by atoms with Crippen LogP contribution in [0.25, 0.3) is 0 Å². The van der Waals surface area contributed by atoms with E-state index in [0.717, 1.165) is 25.1 Å². The first-order valence-corrected chi connectivity index (χ1v) is 6.91. The second-order valence-corrected chi connectivity index (χ2v) is 4.75. The molecule has 0 radical (unpaired) electrons. The Morgan fingerprint density at radius 3 is 2.68 bits per heavy atom. The van der Waals surface area contributed by atoms with E-state index in [-0.39, 0.29) is 0 Å². The fourth-order valence-electron chi connectivity index (χ4n) is 2.43. The molecule has 2 aromatic rings. The summed E-state index contributed by atoms with van der Waals surface area (Å²) in [6.45, 7) is 5.28. The van der Waals surface area contributed by atoms with Gasteiger partial charge in [0.15, 0.2) is 0 Å². The summed E-state index contributed by atoms with van der Waals surface area (Å²) in [5, 5.41) is 11.8. The Kier molecular flexibility index (Phi) is 4.68. The maximum Gasteiger partial charge on any atom is 0.0845 e. The third-order valence-corrected chi connectivity index (χ3v) is 3.33. The van der Waals surface area contributed by atoms with Crippen molar-refractivity contribution in [1.29, 1.82) is 0 Å². The fraction of sp³-hybridized carbons (Fsp3) is 0.467. The summed E-state index contributed by atoms with van der Waals surface area (Å²) >= 11 is 0. The van der Waals surface area contributed by atoms with Crippen molar-refractivity contribution in [2.75, 3.05) is 6.54 Å². The Morgan fingerprint density at radius 1 is 1.26 bits per heavy atom. The topological polar surface area (TPSA) is 42.7 Å². The van der Waals surface area contributed by atoms with Crippen LogP contribution in [0.2, 0.25) is 0 Å². The van der Waals surface area contributed by atoms with Crippen LogP contribution in [-0.4, -0.2) is 21.5 Å². The number of hydrogen-bond donors (Lipinski definition) is 1. The molecule has 2 rings (SSSR count). The molecule has 0 amide bonds. The van der Waals surface area contributed by atoms with E-state index in [1.165, 1.54) is 11.1 Å². The zero-order chi connectivity index (χ0) is 13.7. The van der Waals surface area contributed by atoms with Crippen LogP contribution in [-0.2, 0) is 19.9 Å². The summed E-state index contributed by atoms with van der Waals surface area (Å²) < 4.78 is 1.75. The van der Waals surface area contributed by atoms with Gasteiger partial charge in [-0.25, -0.2) is 0 Å². The van der Waals surface area contributed by atoms with Crippen LogP contribution >= 0.6 is 0 Å². The quantitative estimate of drug-likeness (QED) is 0.864. The van der Waals surface area contributed by atoms with Gasteiger partial charge in [0.05, 0.1) is 5.69 Å². The minimum atomic E-state index is 0.304. The molecule has 0 aliphatic carbocycles. The Balaban J connectivity index is 2.23. The highest BCUT2D eigenvalue weighted by atomic mass is 15.4. The smallest absolute Gasteiger partial charge is 0.0845 e. The molecule has 0 bridgehead atoms. The van der Waals surface area contributed by atoms with Gasteiger partial charge in [-0.05, 0) is 24.1 Å².